The van der Waals surface area contributed by atoms with Gasteiger partial charge in [-0.25, -0.2) is 4.98 Å². The van der Waals surface area contributed by atoms with E-state index in [1.807, 2.05) is 0 Å². The van der Waals surface area contributed by atoms with Crippen LogP contribution in [0.4, 0.5) is 0 Å². The summed E-state index contributed by atoms with van der Waals surface area (Å²) in [5.74, 6) is -0.972. The summed E-state index contributed by atoms with van der Waals surface area (Å²) in [6, 6.07) is -1.63. The van der Waals surface area contributed by atoms with Crippen molar-refractivity contribution in [1.82, 2.24) is 31.2 Å². The van der Waals surface area contributed by atoms with Crippen LogP contribution in [0, 0.1) is 0 Å². The quantitative estimate of drug-likeness (QED) is 0.384. The molecule has 0 bridgehead atoms. The third-order valence-corrected chi connectivity index (χ3v) is 5.32. The van der Waals surface area contributed by atoms with E-state index < -0.39 is 23.9 Å². The number of H-pyrrole nitrogens is 1. The first-order valence-corrected chi connectivity index (χ1v) is 9.32. The molecule has 11 heteroatoms. The van der Waals surface area contributed by atoms with Crippen molar-refractivity contribution >= 4 is 35.4 Å². The number of imidazole rings is 1. The molecule has 26 heavy (non-hydrogen) atoms. The number of rotatable bonds is 6. The van der Waals surface area contributed by atoms with Gasteiger partial charge in [0.15, 0.2) is 0 Å². The smallest absolute Gasteiger partial charge is 0.249 e. The number of amides is 4. The van der Waals surface area contributed by atoms with E-state index in [1.165, 1.54) is 18.1 Å². The standard InChI is InChI=1S/C15H20N6O4S/c22-12-2-1-9(19-12)13(23)20-10(3-8-4-16-6-18-8)14(24)21-15(25)11-5-17-7-26-11/h4,6,9-11,17H,1-3,5,7H2,(H,16,18)(H,19,22)(H,20,23)(H,21,24,25)/t9-,10?,11?/m0/s1. The molecule has 0 saturated carbocycles. The van der Waals surface area contributed by atoms with Crippen molar-refractivity contribution < 1.29 is 19.2 Å². The molecule has 0 spiro atoms. The van der Waals surface area contributed by atoms with Gasteiger partial charge in [0.05, 0.1) is 17.3 Å². The zero-order valence-corrected chi connectivity index (χ0v) is 14.7. The highest BCUT2D eigenvalue weighted by Gasteiger charge is 2.32. The van der Waals surface area contributed by atoms with Gasteiger partial charge in [0, 0.05) is 31.5 Å². The molecule has 2 aliphatic rings. The van der Waals surface area contributed by atoms with Crippen LogP contribution in [0.15, 0.2) is 12.5 Å². The maximum Gasteiger partial charge on any atom is 0.249 e. The fraction of sp³-hybridized carbons (Fsp3) is 0.533. The van der Waals surface area contributed by atoms with Crippen LogP contribution in [0.25, 0.3) is 0 Å². The number of aromatic amines is 1. The number of hydrogen-bond acceptors (Lipinski definition) is 7. The first-order chi connectivity index (χ1) is 12.5. The van der Waals surface area contributed by atoms with Crippen LogP contribution < -0.4 is 21.3 Å². The second-order valence-electron chi connectivity index (χ2n) is 6.09. The van der Waals surface area contributed by atoms with E-state index in [9.17, 15) is 19.2 Å². The summed E-state index contributed by atoms with van der Waals surface area (Å²) in [5.41, 5.74) is 0.574. The lowest BCUT2D eigenvalue weighted by Crippen LogP contribution is -2.54. The molecule has 0 radical (unpaired) electrons. The molecule has 3 atom stereocenters. The molecule has 5 N–H and O–H groups in total. The van der Waals surface area contributed by atoms with E-state index in [0.717, 1.165) is 0 Å². The Hall–Kier alpha value is -2.40. The molecular weight excluding hydrogens is 360 g/mol. The van der Waals surface area contributed by atoms with Crippen molar-refractivity contribution in [2.45, 2.75) is 36.6 Å². The molecule has 4 amide bonds. The van der Waals surface area contributed by atoms with Gasteiger partial charge in [0.1, 0.15) is 12.1 Å². The van der Waals surface area contributed by atoms with Crippen molar-refractivity contribution in [1.29, 1.82) is 0 Å². The number of imide groups is 1. The Morgan fingerprint density at radius 2 is 2.19 bits per heavy atom. The average Bonchev–Trinajstić information content (AvgIpc) is 3.36. The second kappa shape index (κ2) is 8.32. The SMILES string of the molecule is O=C1CC[C@@H](C(=O)NC(Cc2c[nH]cn2)C(=O)NC(=O)C2CNCS2)N1. The van der Waals surface area contributed by atoms with Gasteiger partial charge in [-0.2, -0.15) is 0 Å². The monoisotopic (exact) mass is 380 g/mol. The van der Waals surface area contributed by atoms with Gasteiger partial charge in [-0.3, -0.25) is 24.5 Å². The predicted octanol–water partition coefficient (Wildman–Crippen LogP) is -1.98. The molecule has 0 aromatic carbocycles. The molecule has 140 valence electrons. The molecule has 2 aliphatic heterocycles. The number of thioether (sulfide) groups is 1. The summed E-state index contributed by atoms with van der Waals surface area (Å²) >= 11 is 1.42. The van der Waals surface area contributed by atoms with E-state index in [-0.39, 0.29) is 29.9 Å². The van der Waals surface area contributed by atoms with Crippen LogP contribution in [0.3, 0.4) is 0 Å². The second-order valence-corrected chi connectivity index (χ2v) is 7.28. The molecule has 0 aliphatic carbocycles. The van der Waals surface area contributed by atoms with Crippen molar-refractivity contribution in [3.05, 3.63) is 18.2 Å². The summed E-state index contributed by atoms with van der Waals surface area (Å²) in [6.45, 7) is 0.494. The van der Waals surface area contributed by atoms with Crippen LogP contribution in [0.5, 0.6) is 0 Å². The van der Waals surface area contributed by atoms with Gasteiger partial charge in [-0.1, -0.05) is 0 Å². The van der Waals surface area contributed by atoms with Gasteiger partial charge in [-0.05, 0) is 6.42 Å². The fourth-order valence-corrected chi connectivity index (χ4v) is 3.65. The van der Waals surface area contributed by atoms with Crippen LogP contribution in [0.1, 0.15) is 18.5 Å². The Morgan fingerprint density at radius 3 is 2.81 bits per heavy atom. The maximum absolute atomic E-state index is 12.5. The van der Waals surface area contributed by atoms with E-state index in [1.54, 1.807) is 6.20 Å². The van der Waals surface area contributed by atoms with Crippen molar-refractivity contribution in [3.63, 3.8) is 0 Å². The van der Waals surface area contributed by atoms with Crippen molar-refractivity contribution in [3.8, 4) is 0 Å². The molecule has 3 rings (SSSR count). The largest absolute Gasteiger partial charge is 0.351 e. The average molecular weight is 380 g/mol. The van der Waals surface area contributed by atoms with Crippen LogP contribution in [-0.4, -0.2) is 63.4 Å². The van der Waals surface area contributed by atoms with Crippen LogP contribution in [-0.2, 0) is 25.6 Å². The number of nitrogens with one attached hydrogen (secondary N) is 5. The molecule has 1 aromatic rings. The number of carbonyl (C=O) groups excluding carboxylic acids is 4. The Morgan fingerprint density at radius 1 is 1.35 bits per heavy atom. The lowest BCUT2D eigenvalue weighted by Gasteiger charge is -2.20. The lowest BCUT2D eigenvalue weighted by atomic mass is 10.1. The molecule has 2 fully saturated rings. The van der Waals surface area contributed by atoms with Crippen molar-refractivity contribution in [2.75, 3.05) is 12.4 Å². The highest BCUT2D eigenvalue weighted by atomic mass is 32.2. The zero-order chi connectivity index (χ0) is 18.5. The molecule has 1 aromatic heterocycles. The zero-order valence-electron chi connectivity index (χ0n) is 13.9. The molecule has 2 unspecified atom stereocenters. The highest BCUT2D eigenvalue weighted by Crippen LogP contribution is 2.14. The lowest BCUT2D eigenvalue weighted by molar-refractivity contribution is -0.134. The minimum absolute atomic E-state index is 0.130. The highest BCUT2D eigenvalue weighted by molar-refractivity contribution is 8.00. The molecule has 3 heterocycles. The third-order valence-electron chi connectivity index (χ3n) is 4.17. The van der Waals surface area contributed by atoms with Crippen LogP contribution >= 0.6 is 11.8 Å². The van der Waals surface area contributed by atoms with E-state index >= 15 is 0 Å². The fourth-order valence-electron chi connectivity index (χ4n) is 2.77. The molecule has 10 nitrogen and oxygen atoms in total. The van der Waals surface area contributed by atoms with Gasteiger partial charge >= 0.3 is 0 Å². The number of carbonyl (C=O) groups is 4. The first-order valence-electron chi connectivity index (χ1n) is 8.27. The first kappa shape index (κ1) is 18.4. The number of hydrogen-bond donors (Lipinski definition) is 5. The van der Waals surface area contributed by atoms with Gasteiger partial charge in [0.2, 0.25) is 23.6 Å². The number of nitrogens with zero attached hydrogens (tertiary/aromatic N) is 1. The Balaban J connectivity index is 1.63. The van der Waals surface area contributed by atoms with E-state index in [0.29, 0.717) is 24.5 Å². The summed E-state index contributed by atoms with van der Waals surface area (Å²) < 4.78 is 0. The summed E-state index contributed by atoms with van der Waals surface area (Å²) in [6.07, 6.45) is 3.87. The Bertz CT molecular complexity index is 688. The predicted molar refractivity (Wildman–Crippen MR) is 92.8 cm³/mol. The maximum atomic E-state index is 12.5. The van der Waals surface area contributed by atoms with Crippen molar-refractivity contribution in [2.24, 2.45) is 0 Å². The minimum Gasteiger partial charge on any atom is -0.351 e. The van der Waals surface area contributed by atoms with Gasteiger partial charge < -0.3 is 20.9 Å². The Labute approximate surface area is 153 Å². The van der Waals surface area contributed by atoms with Gasteiger partial charge in [-0.15, -0.1) is 11.8 Å². The summed E-state index contributed by atoms with van der Waals surface area (Å²) in [4.78, 5) is 55.2. The topological polar surface area (TPSA) is 145 Å². The normalized spacial score (nSPS) is 23.3. The van der Waals surface area contributed by atoms with E-state index in [4.69, 9.17) is 0 Å². The minimum atomic E-state index is -0.966. The molecule has 2 saturated heterocycles. The number of aromatic nitrogens is 2. The molecular formula is C15H20N6O4S. The van der Waals surface area contributed by atoms with Crippen LogP contribution in [0.2, 0.25) is 0 Å². The summed E-state index contributed by atoms with van der Waals surface area (Å²) in [5, 5.41) is 10.2. The Kier molecular flexibility index (Phi) is 5.89. The van der Waals surface area contributed by atoms with Gasteiger partial charge in [0.25, 0.3) is 0 Å². The van der Waals surface area contributed by atoms with E-state index in [2.05, 4.69) is 31.2 Å². The third kappa shape index (κ3) is 4.61. The summed E-state index contributed by atoms with van der Waals surface area (Å²) in [7, 11) is 0.